The molecule has 3 nitrogen and oxygen atoms in total. The third-order valence-corrected chi connectivity index (χ3v) is 3.32. The topological polar surface area (TPSA) is 32.5 Å². The molecule has 0 aromatic rings. The molecule has 0 aliphatic carbocycles. The highest BCUT2D eigenvalue weighted by atomic mass is 15.2. The predicted octanol–water partition coefficient (Wildman–Crippen LogP) is 0.505. The molecule has 0 amide bonds. The molecule has 0 aromatic carbocycles. The van der Waals surface area contributed by atoms with Crippen LogP contribution in [-0.2, 0) is 0 Å². The Labute approximate surface area is 87.2 Å². The number of hydrogen-bond donors (Lipinski definition) is 1. The summed E-state index contributed by atoms with van der Waals surface area (Å²) in [6.07, 6.45) is 4.13. The van der Waals surface area contributed by atoms with Crippen LogP contribution in [0.5, 0.6) is 0 Å². The van der Waals surface area contributed by atoms with Crippen LogP contribution in [0.2, 0.25) is 0 Å². The molecule has 2 fully saturated rings. The summed E-state index contributed by atoms with van der Waals surface area (Å²) in [6, 6.07) is 0. The molecule has 2 N–H and O–H groups in total. The Morgan fingerprint density at radius 2 is 1.64 bits per heavy atom. The Hall–Kier alpha value is -0.120. The van der Waals surface area contributed by atoms with E-state index >= 15 is 0 Å². The van der Waals surface area contributed by atoms with Gasteiger partial charge in [-0.25, -0.2) is 0 Å². The van der Waals surface area contributed by atoms with Gasteiger partial charge in [0.25, 0.3) is 0 Å². The van der Waals surface area contributed by atoms with Crippen molar-refractivity contribution in [3.63, 3.8) is 0 Å². The van der Waals surface area contributed by atoms with Gasteiger partial charge >= 0.3 is 0 Å². The fourth-order valence-electron chi connectivity index (χ4n) is 2.66. The minimum absolute atomic E-state index is 0.105. The average Bonchev–Trinajstić information content (AvgIpc) is 2.53. The van der Waals surface area contributed by atoms with E-state index in [1.165, 1.54) is 45.4 Å². The van der Waals surface area contributed by atoms with Gasteiger partial charge < -0.3 is 10.6 Å². The Morgan fingerprint density at radius 1 is 1.07 bits per heavy atom. The first-order valence-electron chi connectivity index (χ1n) is 5.89. The summed E-state index contributed by atoms with van der Waals surface area (Å²) in [5, 5.41) is 0. The Kier molecular flexibility index (Phi) is 3.10. The van der Waals surface area contributed by atoms with E-state index in [9.17, 15) is 0 Å². The van der Waals surface area contributed by atoms with Crippen LogP contribution < -0.4 is 5.73 Å². The lowest BCUT2D eigenvalue weighted by molar-refractivity contribution is 0.0798. The zero-order valence-corrected chi connectivity index (χ0v) is 9.34. The summed E-state index contributed by atoms with van der Waals surface area (Å²) in [6.45, 7) is 9.51. The van der Waals surface area contributed by atoms with E-state index in [2.05, 4.69) is 16.7 Å². The number of rotatable bonds is 4. The van der Waals surface area contributed by atoms with Crippen LogP contribution in [0.3, 0.4) is 0 Å². The molecule has 0 bridgehead atoms. The number of nitrogens with two attached hydrogens (primary N) is 1. The quantitative estimate of drug-likeness (QED) is 0.712. The van der Waals surface area contributed by atoms with Gasteiger partial charge in [-0.2, -0.15) is 0 Å². The van der Waals surface area contributed by atoms with Gasteiger partial charge in [-0.15, -0.1) is 0 Å². The molecule has 0 saturated carbocycles. The Balaban J connectivity index is 1.51. The van der Waals surface area contributed by atoms with Crippen molar-refractivity contribution in [2.24, 2.45) is 5.73 Å². The monoisotopic (exact) mass is 197 g/mol. The van der Waals surface area contributed by atoms with E-state index < -0.39 is 0 Å². The molecule has 3 heteroatoms. The first-order valence-corrected chi connectivity index (χ1v) is 5.89. The minimum Gasteiger partial charge on any atom is -0.323 e. The lowest BCUT2D eigenvalue weighted by Gasteiger charge is -2.45. The summed E-state index contributed by atoms with van der Waals surface area (Å²) in [5.74, 6) is 0. The van der Waals surface area contributed by atoms with E-state index in [1.54, 1.807) is 0 Å². The molecule has 0 aromatic heterocycles. The van der Waals surface area contributed by atoms with Crippen molar-refractivity contribution in [1.82, 2.24) is 9.80 Å². The minimum atomic E-state index is 0.105. The van der Waals surface area contributed by atoms with Crippen LogP contribution in [-0.4, -0.2) is 54.6 Å². The molecular weight excluding hydrogens is 174 g/mol. The SMILES string of the molecule is CC1(N)CN(CCCN2CCCC2)C1. The largest absolute Gasteiger partial charge is 0.323 e. The zero-order chi connectivity index (χ0) is 10.0. The maximum Gasteiger partial charge on any atom is 0.0383 e. The van der Waals surface area contributed by atoms with Gasteiger partial charge in [0, 0.05) is 18.6 Å². The molecule has 2 aliphatic heterocycles. The molecule has 2 rings (SSSR count). The van der Waals surface area contributed by atoms with Crippen LogP contribution in [0.25, 0.3) is 0 Å². The molecule has 2 heterocycles. The zero-order valence-electron chi connectivity index (χ0n) is 9.34. The highest BCUT2D eigenvalue weighted by Crippen LogP contribution is 2.17. The maximum atomic E-state index is 5.95. The third-order valence-electron chi connectivity index (χ3n) is 3.32. The Bertz CT molecular complexity index is 177. The maximum absolute atomic E-state index is 5.95. The van der Waals surface area contributed by atoms with Crippen LogP contribution in [0, 0.1) is 0 Å². The van der Waals surface area contributed by atoms with Crippen molar-refractivity contribution in [2.75, 3.05) is 39.3 Å². The smallest absolute Gasteiger partial charge is 0.0383 e. The molecule has 0 radical (unpaired) electrons. The van der Waals surface area contributed by atoms with Gasteiger partial charge in [0.15, 0.2) is 0 Å². The lowest BCUT2D eigenvalue weighted by atomic mass is 9.94. The standard InChI is InChI=1S/C11H23N3/c1-11(12)9-14(10-11)8-4-7-13-5-2-3-6-13/h2-10,12H2,1H3. The van der Waals surface area contributed by atoms with Crippen molar-refractivity contribution in [2.45, 2.75) is 31.7 Å². The third kappa shape index (κ3) is 2.69. The van der Waals surface area contributed by atoms with Crippen molar-refractivity contribution in [1.29, 1.82) is 0 Å². The second kappa shape index (κ2) is 4.17. The van der Waals surface area contributed by atoms with E-state index in [-0.39, 0.29) is 5.54 Å². The van der Waals surface area contributed by atoms with Gasteiger partial charge in [-0.3, -0.25) is 4.90 Å². The van der Waals surface area contributed by atoms with Gasteiger partial charge in [0.2, 0.25) is 0 Å². The molecule has 14 heavy (non-hydrogen) atoms. The molecule has 0 spiro atoms. The van der Waals surface area contributed by atoms with E-state index in [0.29, 0.717) is 0 Å². The van der Waals surface area contributed by atoms with Crippen LogP contribution in [0.1, 0.15) is 26.2 Å². The van der Waals surface area contributed by atoms with Crippen LogP contribution in [0.4, 0.5) is 0 Å². The van der Waals surface area contributed by atoms with E-state index in [1.807, 2.05) is 0 Å². The van der Waals surface area contributed by atoms with Gasteiger partial charge in [0.05, 0.1) is 0 Å². The second-order valence-corrected chi connectivity index (χ2v) is 5.27. The lowest BCUT2D eigenvalue weighted by Crippen LogP contribution is -2.65. The molecule has 0 atom stereocenters. The van der Waals surface area contributed by atoms with Crippen molar-refractivity contribution in [3.8, 4) is 0 Å². The number of hydrogen-bond acceptors (Lipinski definition) is 3. The number of nitrogens with zero attached hydrogens (tertiary/aromatic N) is 2. The summed E-state index contributed by atoms with van der Waals surface area (Å²) in [5.41, 5.74) is 6.06. The highest BCUT2D eigenvalue weighted by Gasteiger charge is 2.33. The summed E-state index contributed by atoms with van der Waals surface area (Å²) >= 11 is 0. The van der Waals surface area contributed by atoms with Crippen LogP contribution in [0.15, 0.2) is 0 Å². The molecule has 0 unspecified atom stereocenters. The van der Waals surface area contributed by atoms with Crippen molar-refractivity contribution in [3.05, 3.63) is 0 Å². The first kappa shape index (κ1) is 10.4. The van der Waals surface area contributed by atoms with Crippen LogP contribution >= 0.6 is 0 Å². The highest BCUT2D eigenvalue weighted by molar-refractivity contribution is 4.95. The Morgan fingerprint density at radius 3 is 2.21 bits per heavy atom. The van der Waals surface area contributed by atoms with Gasteiger partial charge in [-0.05, 0) is 52.4 Å². The summed E-state index contributed by atoms with van der Waals surface area (Å²) < 4.78 is 0. The summed E-state index contributed by atoms with van der Waals surface area (Å²) in [7, 11) is 0. The van der Waals surface area contributed by atoms with Crippen molar-refractivity contribution >= 4 is 0 Å². The normalized spacial score (nSPS) is 27.9. The fourth-order valence-corrected chi connectivity index (χ4v) is 2.66. The summed E-state index contributed by atoms with van der Waals surface area (Å²) in [4.78, 5) is 5.05. The second-order valence-electron chi connectivity index (χ2n) is 5.27. The van der Waals surface area contributed by atoms with E-state index in [0.717, 1.165) is 13.1 Å². The van der Waals surface area contributed by atoms with Gasteiger partial charge in [-0.1, -0.05) is 0 Å². The first-order chi connectivity index (χ1) is 6.66. The molecule has 2 aliphatic rings. The predicted molar refractivity (Wildman–Crippen MR) is 59.3 cm³/mol. The van der Waals surface area contributed by atoms with Crippen molar-refractivity contribution < 1.29 is 0 Å². The van der Waals surface area contributed by atoms with Gasteiger partial charge in [0.1, 0.15) is 0 Å². The molecule has 82 valence electrons. The molecular formula is C11H23N3. The number of likely N-dealkylation sites (tertiary alicyclic amines) is 2. The van der Waals surface area contributed by atoms with E-state index in [4.69, 9.17) is 5.73 Å². The average molecular weight is 197 g/mol. The molecule has 2 saturated heterocycles. The fraction of sp³-hybridized carbons (Fsp3) is 1.00.